The van der Waals surface area contributed by atoms with Crippen molar-refractivity contribution in [2.45, 2.75) is 19.0 Å². The molecule has 0 radical (unpaired) electrons. The molecule has 2 heterocycles. The van der Waals surface area contributed by atoms with E-state index in [1.54, 1.807) is 0 Å². The molecule has 1 aromatic rings. The van der Waals surface area contributed by atoms with Crippen LogP contribution in [-0.4, -0.2) is 18.5 Å². The number of rotatable bonds is 0. The summed E-state index contributed by atoms with van der Waals surface area (Å²) in [5.41, 5.74) is 1.82. The van der Waals surface area contributed by atoms with E-state index < -0.39 is 0 Å². The molecule has 3 heteroatoms. The van der Waals surface area contributed by atoms with Crippen molar-refractivity contribution in [2.75, 3.05) is 11.9 Å². The zero-order chi connectivity index (χ0) is 10.3. The van der Waals surface area contributed by atoms with Crippen LogP contribution in [0.4, 0.5) is 5.69 Å². The summed E-state index contributed by atoms with van der Waals surface area (Å²) in [6.45, 7) is 1.00. The van der Waals surface area contributed by atoms with Crippen LogP contribution in [-0.2, 0) is 0 Å². The number of anilines is 1. The monoisotopic (exact) mass is 202 g/mol. The zero-order valence-corrected chi connectivity index (χ0v) is 8.49. The lowest BCUT2D eigenvalue weighted by Gasteiger charge is -2.37. The van der Waals surface area contributed by atoms with Crippen molar-refractivity contribution in [2.24, 2.45) is 5.92 Å². The topological polar surface area (TPSA) is 41.1 Å². The summed E-state index contributed by atoms with van der Waals surface area (Å²) in [7, 11) is 0. The average molecular weight is 202 g/mol. The zero-order valence-electron chi connectivity index (χ0n) is 8.49. The molecule has 2 aliphatic heterocycles. The molecule has 78 valence electrons. The number of ketones is 1. The quantitative estimate of drug-likeness (QED) is 0.671. The maximum Gasteiger partial charge on any atom is 0.171 e. The molecule has 1 aromatic carbocycles. The van der Waals surface area contributed by atoms with Gasteiger partial charge in [0.05, 0.1) is 12.1 Å². The standard InChI is InChI=1S/C12H14N2O/c15-11-8-4-1-2-6-10(8)14-12-9(11)5-3-7-13-12/h1-2,4,6,9,12-14H,3,5,7H2. The maximum atomic E-state index is 12.2. The predicted octanol–water partition coefficient (Wildman–Crippen LogP) is 1.62. The number of carbonyl (C=O) groups excluding carboxylic acids is 1. The van der Waals surface area contributed by atoms with Gasteiger partial charge in [0.1, 0.15) is 0 Å². The number of fused-ring (bicyclic) bond motifs is 2. The van der Waals surface area contributed by atoms with E-state index in [0.717, 1.165) is 30.6 Å². The molecule has 2 aliphatic rings. The minimum atomic E-state index is 0.119. The average Bonchev–Trinajstić information content (AvgIpc) is 2.30. The first kappa shape index (κ1) is 8.92. The summed E-state index contributed by atoms with van der Waals surface area (Å²) >= 11 is 0. The minimum absolute atomic E-state index is 0.119. The molecular formula is C12H14N2O. The molecule has 3 nitrogen and oxygen atoms in total. The first-order chi connectivity index (χ1) is 7.36. The van der Waals surface area contributed by atoms with Crippen molar-refractivity contribution in [1.29, 1.82) is 0 Å². The van der Waals surface area contributed by atoms with Gasteiger partial charge in [0.15, 0.2) is 5.78 Å². The molecule has 0 aliphatic carbocycles. The van der Waals surface area contributed by atoms with Crippen molar-refractivity contribution in [3.63, 3.8) is 0 Å². The molecule has 2 unspecified atom stereocenters. The van der Waals surface area contributed by atoms with Gasteiger partial charge in [-0.25, -0.2) is 0 Å². The van der Waals surface area contributed by atoms with Crippen LogP contribution in [0.2, 0.25) is 0 Å². The van der Waals surface area contributed by atoms with E-state index in [4.69, 9.17) is 0 Å². The Labute approximate surface area is 88.9 Å². The number of Topliss-reactive ketones (excluding diaryl/α,β-unsaturated/α-hetero) is 1. The molecule has 15 heavy (non-hydrogen) atoms. The third-order valence-electron chi connectivity index (χ3n) is 3.30. The van der Waals surface area contributed by atoms with Crippen molar-refractivity contribution in [1.82, 2.24) is 5.32 Å². The summed E-state index contributed by atoms with van der Waals surface area (Å²) in [5, 5.41) is 6.76. The summed E-state index contributed by atoms with van der Waals surface area (Å²) in [4.78, 5) is 12.2. The van der Waals surface area contributed by atoms with Gasteiger partial charge in [-0.2, -0.15) is 0 Å². The Kier molecular flexibility index (Phi) is 1.99. The fraction of sp³-hybridized carbons (Fsp3) is 0.417. The molecule has 0 amide bonds. The predicted molar refractivity (Wildman–Crippen MR) is 58.9 cm³/mol. The highest BCUT2D eigenvalue weighted by Gasteiger charge is 2.36. The number of para-hydroxylation sites is 1. The first-order valence-corrected chi connectivity index (χ1v) is 5.49. The Balaban J connectivity index is 2.02. The molecule has 1 saturated heterocycles. The molecule has 3 rings (SSSR count). The van der Waals surface area contributed by atoms with E-state index in [9.17, 15) is 4.79 Å². The second-order valence-corrected chi connectivity index (χ2v) is 4.23. The van der Waals surface area contributed by atoms with Gasteiger partial charge in [-0.3, -0.25) is 10.1 Å². The third kappa shape index (κ3) is 1.35. The van der Waals surface area contributed by atoms with Gasteiger partial charge in [-0.05, 0) is 31.5 Å². The lowest BCUT2D eigenvalue weighted by molar-refractivity contribution is 0.0861. The smallest absolute Gasteiger partial charge is 0.171 e. The number of nitrogens with one attached hydrogen (secondary N) is 2. The fourth-order valence-corrected chi connectivity index (χ4v) is 2.51. The summed E-state index contributed by atoms with van der Waals surface area (Å²) in [6, 6.07) is 7.77. The highest BCUT2D eigenvalue weighted by atomic mass is 16.1. The van der Waals surface area contributed by atoms with E-state index in [-0.39, 0.29) is 12.1 Å². The van der Waals surface area contributed by atoms with Crippen LogP contribution in [0, 0.1) is 5.92 Å². The van der Waals surface area contributed by atoms with Gasteiger partial charge in [-0.1, -0.05) is 12.1 Å². The second-order valence-electron chi connectivity index (χ2n) is 4.23. The van der Waals surface area contributed by atoms with E-state index >= 15 is 0 Å². The first-order valence-electron chi connectivity index (χ1n) is 5.49. The SMILES string of the molecule is O=C1c2ccccc2NC2NCCCC12. The van der Waals surface area contributed by atoms with Crippen molar-refractivity contribution < 1.29 is 4.79 Å². The highest BCUT2D eigenvalue weighted by Crippen LogP contribution is 2.31. The minimum Gasteiger partial charge on any atom is -0.369 e. The second kappa shape index (κ2) is 3.35. The van der Waals surface area contributed by atoms with Gasteiger partial charge in [0.25, 0.3) is 0 Å². The number of hydrogen-bond donors (Lipinski definition) is 2. The van der Waals surface area contributed by atoms with Crippen LogP contribution in [0.5, 0.6) is 0 Å². The molecule has 0 bridgehead atoms. The molecule has 1 fully saturated rings. The number of carbonyl (C=O) groups is 1. The van der Waals surface area contributed by atoms with Crippen molar-refractivity contribution >= 4 is 11.5 Å². The number of benzene rings is 1. The van der Waals surface area contributed by atoms with E-state index in [1.165, 1.54) is 0 Å². The Morgan fingerprint density at radius 1 is 1.27 bits per heavy atom. The Bertz CT molecular complexity index is 402. The van der Waals surface area contributed by atoms with Crippen molar-refractivity contribution in [3.05, 3.63) is 29.8 Å². The number of piperidine rings is 1. The molecule has 2 atom stereocenters. The van der Waals surface area contributed by atoms with Gasteiger partial charge >= 0.3 is 0 Å². The largest absolute Gasteiger partial charge is 0.369 e. The molecule has 2 N–H and O–H groups in total. The van der Waals surface area contributed by atoms with Gasteiger partial charge in [0.2, 0.25) is 0 Å². The lowest BCUT2D eigenvalue weighted by Crippen LogP contribution is -2.52. The Hall–Kier alpha value is -1.35. The van der Waals surface area contributed by atoms with Crippen molar-refractivity contribution in [3.8, 4) is 0 Å². The molecule has 0 aromatic heterocycles. The highest BCUT2D eigenvalue weighted by molar-refractivity contribution is 6.05. The van der Waals surface area contributed by atoms with Crippen LogP contribution >= 0.6 is 0 Å². The Morgan fingerprint density at radius 3 is 3.07 bits per heavy atom. The molecular weight excluding hydrogens is 188 g/mol. The summed E-state index contributed by atoms with van der Waals surface area (Å²) in [5.74, 6) is 0.412. The third-order valence-corrected chi connectivity index (χ3v) is 3.30. The summed E-state index contributed by atoms with van der Waals surface area (Å²) in [6.07, 6.45) is 2.23. The normalized spacial score (nSPS) is 28.9. The van der Waals surface area contributed by atoms with Crippen LogP contribution in [0.1, 0.15) is 23.2 Å². The van der Waals surface area contributed by atoms with E-state index in [1.807, 2.05) is 24.3 Å². The van der Waals surface area contributed by atoms with Crippen LogP contribution in [0.15, 0.2) is 24.3 Å². The van der Waals surface area contributed by atoms with Gasteiger partial charge in [0, 0.05) is 11.3 Å². The van der Waals surface area contributed by atoms with Gasteiger partial charge in [-0.15, -0.1) is 0 Å². The number of hydrogen-bond acceptors (Lipinski definition) is 3. The maximum absolute atomic E-state index is 12.2. The van der Waals surface area contributed by atoms with Crippen LogP contribution in [0.3, 0.4) is 0 Å². The van der Waals surface area contributed by atoms with Gasteiger partial charge < -0.3 is 5.32 Å². The summed E-state index contributed by atoms with van der Waals surface area (Å²) < 4.78 is 0. The van der Waals surface area contributed by atoms with Crippen LogP contribution < -0.4 is 10.6 Å². The lowest BCUT2D eigenvalue weighted by atomic mass is 9.84. The molecule has 0 saturated carbocycles. The van der Waals surface area contributed by atoms with E-state index in [0.29, 0.717) is 5.78 Å². The van der Waals surface area contributed by atoms with E-state index in [2.05, 4.69) is 10.6 Å². The van der Waals surface area contributed by atoms with Crippen LogP contribution in [0.25, 0.3) is 0 Å². The Morgan fingerprint density at radius 2 is 2.13 bits per heavy atom. The fourth-order valence-electron chi connectivity index (χ4n) is 2.51. The molecule has 0 spiro atoms.